The Morgan fingerprint density at radius 1 is 1.67 bits per heavy atom. The van der Waals surface area contributed by atoms with Crippen molar-refractivity contribution in [1.82, 2.24) is 10.7 Å². The lowest BCUT2D eigenvalue weighted by Gasteiger charge is -2.27. The Kier molecular flexibility index (Phi) is 3.46. The molecule has 0 aliphatic carbocycles. The lowest BCUT2D eigenvalue weighted by molar-refractivity contribution is -0.142. The van der Waals surface area contributed by atoms with Crippen LogP contribution in [0.5, 0.6) is 0 Å². The van der Waals surface area contributed by atoms with E-state index >= 15 is 0 Å². The molecule has 0 saturated carbocycles. The van der Waals surface area contributed by atoms with Crippen LogP contribution in [0.25, 0.3) is 0 Å². The van der Waals surface area contributed by atoms with Crippen LogP contribution in [-0.4, -0.2) is 30.7 Å². The molecule has 0 spiro atoms. The number of nitrogens with one attached hydrogen (secondary N) is 2. The van der Waals surface area contributed by atoms with Crippen molar-refractivity contribution in [3.05, 3.63) is 0 Å². The van der Waals surface area contributed by atoms with Gasteiger partial charge in [0.15, 0.2) is 0 Å². The fraction of sp³-hybridized carbons (Fsp3) is 0.857. The van der Waals surface area contributed by atoms with Gasteiger partial charge in [-0.05, 0) is 18.9 Å². The van der Waals surface area contributed by atoms with Gasteiger partial charge in [-0.2, -0.15) is 0 Å². The van der Waals surface area contributed by atoms with Crippen LogP contribution in [0.2, 0.25) is 0 Å². The minimum atomic E-state index is -0.718. The average molecular weight is 173 g/mol. The first-order valence-electron chi connectivity index (χ1n) is 4.11. The summed E-state index contributed by atoms with van der Waals surface area (Å²) >= 11 is 0. The van der Waals surface area contributed by atoms with Crippen LogP contribution in [0.15, 0.2) is 0 Å². The summed E-state index contributed by atoms with van der Waals surface area (Å²) < 4.78 is 0. The van der Waals surface area contributed by atoms with E-state index in [-0.39, 0.29) is 5.92 Å². The number of carbonyl (C=O) groups is 1. The van der Waals surface area contributed by atoms with Crippen molar-refractivity contribution in [3.63, 3.8) is 0 Å². The van der Waals surface area contributed by atoms with Gasteiger partial charge in [0.05, 0.1) is 5.92 Å². The van der Waals surface area contributed by atoms with Gasteiger partial charge in [0.25, 0.3) is 0 Å². The summed E-state index contributed by atoms with van der Waals surface area (Å²) in [6.07, 6.45) is 0.715. The maximum absolute atomic E-state index is 10.6. The zero-order chi connectivity index (χ0) is 8.97. The van der Waals surface area contributed by atoms with E-state index in [4.69, 9.17) is 10.9 Å². The van der Waals surface area contributed by atoms with Gasteiger partial charge in [-0.1, -0.05) is 0 Å². The largest absolute Gasteiger partial charge is 0.481 e. The number of hydrogen-bond acceptors (Lipinski definition) is 4. The lowest BCUT2D eigenvalue weighted by Crippen LogP contribution is -2.44. The quantitative estimate of drug-likeness (QED) is 0.317. The molecule has 12 heavy (non-hydrogen) atoms. The highest BCUT2D eigenvalue weighted by molar-refractivity contribution is 5.70. The van der Waals surface area contributed by atoms with Gasteiger partial charge >= 0.3 is 5.97 Å². The molecule has 1 fully saturated rings. The third kappa shape index (κ3) is 2.44. The molecule has 1 rings (SSSR count). The van der Waals surface area contributed by atoms with Crippen LogP contribution in [0, 0.1) is 11.8 Å². The van der Waals surface area contributed by atoms with E-state index in [1.54, 1.807) is 0 Å². The summed E-state index contributed by atoms with van der Waals surface area (Å²) in [7, 11) is 0. The molecule has 0 bridgehead atoms. The second-order valence-corrected chi connectivity index (χ2v) is 3.20. The number of nitrogens with two attached hydrogens (primary N) is 1. The molecule has 1 saturated heterocycles. The topological polar surface area (TPSA) is 87.4 Å². The third-order valence-electron chi connectivity index (χ3n) is 2.20. The fourth-order valence-corrected chi connectivity index (χ4v) is 1.54. The molecule has 1 heterocycles. The highest BCUT2D eigenvalue weighted by Gasteiger charge is 2.25. The first-order valence-corrected chi connectivity index (χ1v) is 4.11. The van der Waals surface area contributed by atoms with Crippen molar-refractivity contribution < 1.29 is 9.90 Å². The Balaban J connectivity index is 2.35. The number of hydrogen-bond donors (Lipinski definition) is 4. The van der Waals surface area contributed by atoms with Gasteiger partial charge in [-0.15, -0.1) is 0 Å². The summed E-state index contributed by atoms with van der Waals surface area (Å²) in [6, 6.07) is 0. The second kappa shape index (κ2) is 4.39. The molecule has 70 valence electrons. The molecule has 5 heteroatoms. The Morgan fingerprint density at radius 2 is 2.42 bits per heavy atom. The highest BCUT2D eigenvalue weighted by Crippen LogP contribution is 2.15. The van der Waals surface area contributed by atoms with E-state index in [1.165, 1.54) is 0 Å². The molecule has 5 nitrogen and oxygen atoms in total. The molecular weight excluding hydrogens is 158 g/mol. The minimum Gasteiger partial charge on any atom is -0.481 e. The second-order valence-electron chi connectivity index (χ2n) is 3.20. The van der Waals surface area contributed by atoms with Gasteiger partial charge in [0, 0.05) is 13.1 Å². The predicted molar refractivity (Wildman–Crippen MR) is 44.3 cm³/mol. The molecule has 1 aliphatic heterocycles. The summed E-state index contributed by atoms with van der Waals surface area (Å²) in [5.74, 6) is 4.52. The Labute approximate surface area is 71.3 Å². The zero-order valence-electron chi connectivity index (χ0n) is 6.92. The summed E-state index contributed by atoms with van der Waals surface area (Å²) in [5.41, 5.74) is 2.56. The van der Waals surface area contributed by atoms with Crippen molar-refractivity contribution in [2.45, 2.75) is 6.42 Å². The highest BCUT2D eigenvalue weighted by atomic mass is 16.4. The van der Waals surface area contributed by atoms with E-state index in [0.717, 1.165) is 6.54 Å². The molecule has 0 aromatic rings. The van der Waals surface area contributed by atoms with Crippen LogP contribution in [0.4, 0.5) is 0 Å². The van der Waals surface area contributed by atoms with Crippen LogP contribution >= 0.6 is 0 Å². The molecule has 2 atom stereocenters. The maximum atomic E-state index is 10.6. The standard InChI is InChI=1S/C7H15N3O2/c8-10-3-5-1-6(7(11)12)4-9-2-5/h5-6,9-10H,1-4,8H2,(H,11,12)/t5-,6-/m1/s1. The molecule has 0 radical (unpaired) electrons. The zero-order valence-corrected chi connectivity index (χ0v) is 6.92. The smallest absolute Gasteiger partial charge is 0.307 e. The molecule has 0 aromatic heterocycles. The van der Waals surface area contributed by atoms with Crippen molar-refractivity contribution in [2.24, 2.45) is 17.7 Å². The maximum Gasteiger partial charge on any atom is 0.307 e. The normalized spacial score (nSPS) is 30.1. The van der Waals surface area contributed by atoms with Crippen molar-refractivity contribution in [1.29, 1.82) is 0 Å². The number of rotatable bonds is 3. The van der Waals surface area contributed by atoms with Gasteiger partial charge < -0.3 is 10.4 Å². The van der Waals surface area contributed by atoms with Crippen molar-refractivity contribution in [3.8, 4) is 0 Å². The van der Waals surface area contributed by atoms with Gasteiger partial charge in [-0.3, -0.25) is 16.1 Å². The molecule has 0 aromatic carbocycles. The lowest BCUT2D eigenvalue weighted by atomic mass is 9.91. The summed E-state index contributed by atoms with van der Waals surface area (Å²) in [6.45, 7) is 2.11. The first kappa shape index (κ1) is 9.44. The average Bonchev–Trinajstić information content (AvgIpc) is 2.05. The van der Waals surface area contributed by atoms with Gasteiger partial charge in [0.1, 0.15) is 0 Å². The van der Waals surface area contributed by atoms with Crippen LogP contribution in [-0.2, 0) is 4.79 Å². The first-order chi connectivity index (χ1) is 5.74. The number of aliphatic carboxylic acids is 1. The number of carboxylic acids is 1. The fourth-order valence-electron chi connectivity index (χ4n) is 1.54. The van der Waals surface area contributed by atoms with Crippen LogP contribution in [0.3, 0.4) is 0 Å². The molecule has 0 unspecified atom stereocenters. The van der Waals surface area contributed by atoms with Gasteiger partial charge in [-0.25, -0.2) is 0 Å². The van der Waals surface area contributed by atoms with Crippen LogP contribution in [0.1, 0.15) is 6.42 Å². The number of hydrazine groups is 1. The Morgan fingerprint density at radius 3 is 3.00 bits per heavy atom. The number of piperidine rings is 1. The van der Waals surface area contributed by atoms with E-state index in [1.807, 2.05) is 0 Å². The Bertz CT molecular complexity index is 161. The monoisotopic (exact) mass is 173 g/mol. The van der Waals surface area contributed by atoms with E-state index in [2.05, 4.69) is 10.7 Å². The molecule has 0 amide bonds. The van der Waals surface area contributed by atoms with Crippen molar-refractivity contribution in [2.75, 3.05) is 19.6 Å². The van der Waals surface area contributed by atoms with Gasteiger partial charge in [0.2, 0.25) is 0 Å². The molecule has 1 aliphatic rings. The van der Waals surface area contributed by atoms with Crippen molar-refractivity contribution >= 4 is 5.97 Å². The predicted octanol–water partition coefficient (Wildman–Crippen LogP) is -1.24. The molecular formula is C7H15N3O2. The summed E-state index contributed by atoms with van der Waals surface area (Å²) in [4.78, 5) is 10.6. The Hall–Kier alpha value is -0.650. The third-order valence-corrected chi connectivity index (χ3v) is 2.20. The number of carboxylic acid groups (broad SMARTS) is 1. The van der Waals surface area contributed by atoms with E-state index in [9.17, 15) is 4.79 Å². The van der Waals surface area contributed by atoms with E-state index in [0.29, 0.717) is 25.4 Å². The summed E-state index contributed by atoms with van der Waals surface area (Å²) in [5, 5.41) is 11.8. The minimum absolute atomic E-state index is 0.253. The molecule has 5 N–H and O–H groups in total. The SMILES string of the molecule is NNC[C@H]1CNC[C@H](C(=O)O)C1. The van der Waals surface area contributed by atoms with E-state index < -0.39 is 5.97 Å². The van der Waals surface area contributed by atoms with Crippen LogP contribution < -0.4 is 16.6 Å².